The zero-order valence-corrected chi connectivity index (χ0v) is 14.6. The summed E-state index contributed by atoms with van der Waals surface area (Å²) in [5, 5.41) is 16.1. The monoisotopic (exact) mass is 345 g/mol. The molecule has 1 aromatic carbocycles. The van der Waals surface area contributed by atoms with Crippen molar-refractivity contribution >= 4 is 17.3 Å². The maximum absolute atomic E-state index is 13.8. The number of nitrogens with zero attached hydrogens (tertiary/aromatic N) is 3. The molecule has 0 amide bonds. The lowest BCUT2D eigenvalue weighted by Crippen LogP contribution is -2.38. The van der Waals surface area contributed by atoms with Gasteiger partial charge in [0.2, 0.25) is 0 Å². The van der Waals surface area contributed by atoms with Crippen LogP contribution in [0.5, 0.6) is 0 Å². The molecule has 0 bridgehead atoms. The van der Waals surface area contributed by atoms with Gasteiger partial charge in [0.1, 0.15) is 5.82 Å². The van der Waals surface area contributed by atoms with Crippen LogP contribution in [-0.4, -0.2) is 24.5 Å². The summed E-state index contributed by atoms with van der Waals surface area (Å²) in [6.45, 7) is 3.12. The molecule has 2 rings (SSSR count). The Hall–Kier alpha value is -2.46. The molecule has 2 aromatic rings. The van der Waals surface area contributed by atoms with E-state index in [1.807, 2.05) is 12.3 Å². The van der Waals surface area contributed by atoms with Gasteiger partial charge < -0.3 is 10.6 Å². The molecule has 5 nitrogen and oxygen atoms in total. The van der Waals surface area contributed by atoms with Gasteiger partial charge in [-0.1, -0.05) is 13.0 Å². The number of aliphatic imine (C=N–C) groups is 1. The number of aromatic nitrogens is 1. The molecule has 0 atom stereocenters. The van der Waals surface area contributed by atoms with Crippen molar-refractivity contribution in [2.24, 2.45) is 4.99 Å². The van der Waals surface area contributed by atoms with E-state index < -0.39 is 5.82 Å². The molecule has 126 valence electrons. The number of halogens is 1. The van der Waals surface area contributed by atoms with E-state index >= 15 is 0 Å². The topological polar surface area (TPSA) is 73.1 Å². The predicted octanol–water partition coefficient (Wildman–Crippen LogP) is 2.62. The molecule has 24 heavy (non-hydrogen) atoms. The minimum absolute atomic E-state index is 0.300. The van der Waals surface area contributed by atoms with Gasteiger partial charge in [0, 0.05) is 43.2 Å². The Kier molecular flexibility index (Phi) is 6.70. The van der Waals surface area contributed by atoms with Crippen LogP contribution in [0.3, 0.4) is 0 Å². The fourth-order valence-corrected chi connectivity index (χ4v) is 2.94. The first-order chi connectivity index (χ1) is 11.7. The molecule has 2 N–H and O–H groups in total. The third kappa shape index (κ3) is 5.03. The Morgan fingerprint density at radius 1 is 1.42 bits per heavy atom. The van der Waals surface area contributed by atoms with Gasteiger partial charge in [-0.3, -0.25) is 4.99 Å². The Bertz CT molecular complexity index is 748. The smallest absolute Gasteiger partial charge is 0.191 e. The van der Waals surface area contributed by atoms with Crippen LogP contribution in [0.15, 0.2) is 29.4 Å². The second-order valence-corrected chi connectivity index (χ2v) is 6.29. The van der Waals surface area contributed by atoms with Gasteiger partial charge in [0.25, 0.3) is 0 Å². The lowest BCUT2D eigenvalue weighted by atomic mass is 10.1. The van der Waals surface area contributed by atoms with E-state index in [9.17, 15) is 4.39 Å². The van der Waals surface area contributed by atoms with Gasteiger partial charge in [-0.2, -0.15) is 5.26 Å². The first kappa shape index (κ1) is 17.9. The van der Waals surface area contributed by atoms with Crippen LogP contribution in [-0.2, 0) is 19.4 Å². The lowest BCUT2D eigenvalue weighted by molar-refractivity contribution is 0.604. The van der Waals surface area contributed by atoms with Crippen molar-refractivity contribution in [1.82, 2.24) is 15.6 Å². The number of guanidine groups is 1. The van der Waals surface area contributed by atoms with E-state index in [-0.39, 0.29) is 0 Å². The molecule has 0 radical (unpaired) electrons. The van der Waals surface area contributed by atoms with Crippen LogP contribution in [0.2, 0.25) is 0 Å². The normalized spacial score (nSPS) is 11.2. The standard InChI is InChI=1S/C17H20FN5S/c1-3-14-11-22-16(24-14)6-7-21-17(20-2)23-10-13-5-4-12(9-19)8-15(13)18/h4-5,8,11H,3,6-7,10H2,1-2H3,(H2,20,21,23). The van der Waals surface area contributed by atoms with Gasteiger partial charge >= 0.3 is 0 Å². The van der Waals surface area contributed by atoms with Crippen molar-refractivity contribution in [3.63, 3.8) is 0 Å². The Morgan fingerprint density at radius 2 is 2.25 bits per heavy atom. The second kappa shape index (κ2) is 8.99. The average Bonchev–Trinajstić information content (AvgIpc) is 3.06. The highest BCUT2D eigenvalue weighted by molar-refractivity contribution is 7.11. The first-order valence-electron chi connectivity index (χ1n) is 7.73. The Labute approximate surface area is 145 Å². The van der Waals surface area contributed by atoms with Crippen molar-refractivity contribution < 1.29 is 4.39 Å². The molecule has 0 spiro atoms. The minimum atomic E-state index is -0.396. The van der Waals surface area contributed by atoms with E-state index in [1.54, 1.807) is 30.5 Å². The molecule has 0 aliphatic rings. The van der Waals surface area contributed by atoms with Gasteiger partial charge in [0.15, 0.2) is 5.96 Å². The molecule has 1 heterocycles. The maximum Gasteiger partial charge on any atom is 0.191 e. The Morgan fingerprint density at radius 3 is 2.88 bits per heavy atom. The molecule has 0 saturated heterocycles. The quantitative estimate of drug-likeness (QED) is 0.623. The third-order valence-corrected chi connectivity index (χ3v) is 4.63. The van der Waals surface area contributed by atoms with Gasteiger partial charge in [-0.25, -0.2) is 9.37 Å². The number of nitrogens with one attached hydrogen (secondary N) is 2. The number of aryl methyl sites for hydroxylation is 1. The van der Waals surface area contributed by atoms with Gasteiger partial charge in [0.05, 0.1) is 16.6 Å². The molecule has 0 aliphatic carbocycles. The summed E-state index contributed by atoms with van der Waals surface area (Å²) in [6.07, 6.45) is 3.74. The summed E-state index contributed by atoms with van der Waals surface area (Å²) in [4.78, 5) is 9.78. The van der Waals surface area contributed by atoms with Crippen LogP contribution in [0.25, 0.3) is 0 Å². The van der Waals surface area contributed by atoms with E-state index in [4.69, 9.17) is 5.26 Å². The van der Waals surface area contributed by atoms with Crippen molar-refractivity contribution in [2.45, 2.75) is 26.3 Å². The third-order valence-electron chi connectivity index (χ3n) is 3.43. The summed E-state index contributed by atoms with van der Waals surface area (Å²) in [7, 11) is 1.67. The largest absolute Gasteiger partial charge is 0.356 e. The molecule has 0 saturated carbocycles. The molecule has 7 heteroatoms. The lowest BCUT2D eigenvalue weighted by Gasteiger charge is -2.12. The fourth-order valence-electron chi connectivity index (χ4n) is 2.07. The van der Waals surface area contributed by atoms with Crippen LogP contribution < -0.4 is 10.6 Å². The summed E-state index contributed by atoms with van der Waals surface area (Å²) in [6, 6.07) is 6.36. The molecule has 1 aromatic heterocycles. The molecule has 0 unspecified atom stereocenters. The maximum atomic E-state index is 13.8. The SMILES string of the molecule is CCc1cnc(CCNC(=NC)NCc2ccc(C#N)cc2F)s1. The van der Waals surface area contributed by atoms with Crippen molar-refractivity contribution in [3.8, 4) is 6.07 Å². The van der Waals surface area contributed by atoms with E-state index in [0.717, 1.165) is 17.8 Å². The van der Waals surface area contributed by atoms with Gasteiger partial charge in [-0.15, -0.1) is 11.3 Å². The van der Waals surface area contributed by atoms with Crippen molar-refractivity contribution in [1.29, 1.82) is 5.26 Å². The number of thiazole rings is 1. The zero-order valence-electron chi connectivity index (χ0n) is 13.8. The van der Waals surface area contributed by atoms with Crippen molar-refractivity contribution in [3.05, 3.63) is 51.2 Å². The summed E-state index contributed by atoms with van der Waals surface area (Å²) in [5.41, 5.74) is 0.804. The minimum Gasteiger partial charge on any atom is -0.356 e. The second-order valence-electron chi connectivity index (χ2n) is 5.09. The molecule has 0 fully saturated rings. The highest BCUT2D eigenvalue weighted by Crippen LogP contribution is 2.13. The van der Waals surface area contributed by atoms with E-state index in [0.29, 0.717) is 30.2 Å². The summed E-state index contributed by atoms with van der Waals surface area (Å²) in [5.74, 6) is 0.206. The van der Waals surface area contributed by atoms with Crippen molar-refractivity contribution in [2.75, 3.05) is 13.6 Å². The summed E-state index contributed by atoms with van der Waals surface area (Å²) < 4.78 is 13.8. The molecular weight excluding hydrogens is 325 g/mol. The number of benzene rings is 1. The van der Waals surface area contributed by atoms with Gasteiger partial charge in [-0.05, 0) is 18.6 Å². The number of hydrogen-bond donors (Lipinski definition) is 2. The summed E-state index contributed by atoms with van der Waals surface area (Å²) >= 11 is 1.72. The van der Waals surface area contributed by atoms with Crippen LogP contribution in [0.1, 0.15) is 27.9 Å². The highest BCUT2D eigenvalue weighted by atomic mass is 32.1. The van der Waals surface area contributed by atoms with Crippen LogP contribution in [0.4, 0.5) is 4.39 Å². The zero-order chi connectivity index (χ0) is 17.4. The fraction of sp³-hybridized carbons (Fsp3) is 0.353. The number of nitriles is 1. The number of rotatable bonds is 6. The highest BCUT2D eigenvalue weighted by Gasteiger charge is 2.06. The van der Waals surface area contributed by atoms with E-state index in [1.165, 1.54) is 10.9 Å². The van der Waals surface area contributed by atoms with Crippen LogP contribution in [0, 0.1) is 17.1 Å². The Balaban J connectivity index is 1.81. The average molecular weight is 345 g/mol. The van der Waals surface area contributed by atoms with Crippen LogP contribution >= 0.6 is 11.3 Å². The molecule has 0 aliphatic heterocycles. The van der Waals surface area contributed by atoms with E-state index in [2.05, 4.69) is 27.5 Å². The number of hydrogen-bond acceptors (Lipinski definition) is 4. The molecular formula is C17H20FN5S. The predicted molar refractivity (Wildman–Crippen MR) is 94.5 cm³/mol. The first-order valence-corrected chi connectivity index (χ1v) is 8.54.